The van der Waals surface area contributed by atoms with Crippen molar-refractivity contribution in [2.45, 2.75) is 274 Å². The van der Waals surface area contributed by atoms with Gasteiger partial charge < -0.3 is 65.1 Å². The maximum absolute atomic E-state index is 13.2. The number of hydrogen-bond donors (Lipinski definition) is 9. The summed E-state index contributed by atoms with van der Waals surface area (Å²) in [6.45, 7) is 2.69. The molecule has 1 amide bonds. The lowest BCUT2D eigenvalue weighted by Crippen LogP contribution is -2.65. The third-order valence-electron chi connectivity index (χ3n) is 13.4. The highest BCUT2D eigenvalue weighted by Crippen LogP contribution is 2.30. The van der Waals surface area contributed by atoms with Crippen molar-refractivity contribution in [3.63, 3.8) is 0 Å². The summed E-state index contributed by atoms with van der Waals surface area (Å²) in [7, 11) is 0. The summed E-state index contributed by atoms with van der Waals surface area (Å²) >= 11 is 0. The summed E-state index contributed by atoms with van der Waals surface area (Å²) in [5.41, 5.74) is 0. The number of rotatable bonds is 43. The van der Waals surface area contributed by atoms with E-state index < -0.39 is 86.8 Å². The molecule has 0 aliphatic carbocycles. The van der Waals surface area contributed by atoms with Gasteiger partial charge in [0.25, 0.3) is 0 Å². The highest BCUT2D eigenvalue weighted by molar-refractivity contribution is 5.76. The zero-order chi connectivity index (χ0) is 51.7. The second-order valence-electron chi connectivity index (χ2n) is 19.7. The first-order valence-corrected chi connectivity index (χ1v) is 28.0. The van der Waals surface area contributed by atoms with Crippen LogP contribution >= 0.6 is 0 Å². The van der Waals surface area contributed by atoms with E-state index in [-0.39, 0.29) is 18.9 Å². The van der Waals surface area contributed by atoms with E-state index in [9.17, 15) is 45.6 Å². The van der Waals surface area contributed by atoms with E-state index in [1.807, 2.05) is 6.08 Å². The van der Waals surface area contributed by atoms with Crippen molar-refractivity contribution in [3.8, 4) is 0 Å². The van der Waals surface area contributed by atoms with Gasteiger partial charge in [-0.15, -0.1) is 0 Å². The average Bonchev–Trinajstić information content (AvgIpc) is 3.37. The van der Waals surface area contributed by atoms with E-state index in [1.54, 1.807) is 6.08 Å². The highest BCUT2D eigenvalue weighted by atomic mass is 16.7. The predicted octanol–water partition coefficient (Wildman–Crippen LogP) is 8.61. The standard InChI is InChI=1S/C57H101NO13/c1-3-5-7-9-11-13-15-17-18-19-20-21-22-23-24-25-26-27-28-29-31-33-35-37-39-41-49(62)58-45(46(61)40-38-36-34-32-30-16-14-12-10-8-6-4-2)44-68-56-54(67)52(65)55(48(43-60)70-56)71-57-53(66)51(64)50(63)47(42-59)69-57/h10,12,15,17,19-20,30,32,38,40,45-48,50-57,59-61,63-67H,3-9,11,13-14,16,18,21-29,31,33-37,39,41-44H2,1-2H3,(H,58,62)/b12-10+,17-15-,20-19-,32-30+,40-38+. The van der Waals surface area contributed by atoms with Crippen molar-refractivity contribution in [2.75, 3.05) is 19.8 Å². The molecule has 412 valence electrons. The second kappa shape index (κ2) is 43.0. The van der Waals surface area contributed by atoms with Crippen molar-refractivity contribution >= 4 is 5.91 Å². The van der Waals surface area contributed by atoms with Gasteiger partial charge >= 0.3 is 0 Å². The van der Waals surface area contributed by atoms with E-state index in [2.05, 4.69) is 67.8 Å². The van der Waals surface area contributed by atoms with Crippen LogP contribution < -0.4 is 5.32 Å². The van der Waals surface area contributed by atoms with E-state index in [1.165, 1.54) is 116 Å². The Balaban J connectivity index is 1.75. The average molecular weight is 1010 g/mol. The van der Waals surface area contributed by atoms with Gasteiger partial charge in [0.1, 0.15) is 48.8 Å². The fraction of sp³-hybridized carbons (Fsp3) is 0.807. The Kier molecular flexibility index (Phi) is 39.2. The van der Waals surface area contributed by atoms with Crippen LogP contribution in [-0.2, 0) is 23.7 Å². The number of amides is 1. The molecule has 0 bridgehead atoms. The number of nitrogens with one attached hydrogen (secondary N) is 1. The number of hydrogen-bond acceptors (Lipinski definition) is 13. The van der Waals surface area contributed by atoms with Crippen molar-refractivity contribution in [3.05, 3.63) is 60.8 Å². The molecule has 14 nitrogen and oxygen atoms in total. The Hall–Kier alpha value is -2.31. The summed E-state index contributed by atoms with van der Waals surface area (Å²) < 4.78 is 22.7. The van der Waals surface area contributed by atoms with Gasteiger partial charge in [0.15, 0.2) is 12.6 Å². The number of unbranched alkanes of at least 4 members (excludes halogenated alkanes) is 22. The number of aliphatic hydroxyl groups excluding tert-OH is 8. The molecular formula is C57H101NO13. The molecule has 2 fully saturated rings. The van der Waals surface area contributed by atoms with E-state index in [0.29, 0.717) is 12.8 Å². The monoisotopic (exact) mass is 1010 g/mol. The van der Waals surface area contributed by atoms with Crippen LogP contribution in [0, 0.1) is 0 Å². The lowest BCUT2D eigenvalue weighted by molar-refractivity contribution is -0.359. The molecule has 71 heavy (non-hydrogen) atoms. The largest absolute Gasteiger partial charge is 0.394 e. The Morgan fingerprint density at radius 3 is 1.51 bits per heavy atom. The van der Waals surface area contributed by atoms with Gasteiger partial charge in [-0.2, -0.15) is 0 Å². The van der Waals surface area contributed by atoms with Gasteiger partial charge in [0, 0.05) is 6.42 Å². The maximum Gasteiger partial charge on any atom is 0.220 e. The van der Waals surface area contributed by atoms with Gasteiger partial charge in [-0.3, -0.25) is 4.79 Å². The molecule has 0 aromatic heterocycles. The van der Waals surface area contributed by atoms with Crippen molar-refractivity contribution < 1.29 is 64.6 Å². The molecule has 2 aliphatic rings. The maximum atomic E-state index is 13.2. The van der Waals surface area contributed by atoms with Crippen LogP contribution in [0.2, 0.25) is 0 Å². The highest BCUT2D eigenvalue weighted by Gasteiger charge is 2.51. The first-order valence-electron chi connectivity index (χ1n) is 28.0. The zero-order valence-corrected chi connectivity index (χ0v) is 43.9. The molecule has 0 saturated carbocycles. The fourth-order valence-electron chi connectivity index (χ4n) is 8.81. The van der Waals surface area contributed by atoms with Crippen LogP contribution in [-0.4, -0.2) is 140 Å². The molecule has 2 heterocycles. The SMILES string of the molecule is CCCC/C=C/CC/C=C/CC/C=C/C(O)C(COC1OC(CO)C(OC2OC(CO)C(O)C(O)C2O)C(O)C1O)NC(=O)CCCCCCCCCCCCCCC/C=C\C/C=C\CCCCCCC. The minimum Gasteiger partial charge on any atom is -0.394 e. The lowest BCUT2D eigenvalue weighted by atomic mass is 9.97. The van der Waals surface area contributed by atoms with E-state index >= 15 is 0 Å². The minimum atomic E-state index is -1.79. The second-order valence-corrected chi connectivity index (χ2v) is 19.7. The molecule has 2 aliphatic heterocycles. The molecule has 14 heteroatoms. The summed E-state index contributed by atoms with van der Waals surface area (Å²) in [6.07, 6.45) is 37.0. The molecule has 9 N–H and O–H groups in total. The summed E-state index contributed by atoms with van der Waals surface area (Å²) in [5.74, 6) is -0.257. The van der Waals surface area contributed by atoms with Crippen LogP contribution in [0.25, 0.3) is 0 Å². The molecule has 2 rings (SSSR count). The van der Waals surface area contributed by atoms with Crippen molar-refractivity contribution in [1.29, 1.82) is 0 Å². The van der Waals surface area contributed by atoms with Gasteiger partial charge in [-0.05, 0) is 70.6 Å². The van der Waals surface area contributed by atoms with Crippen LogP contribution in [0.1, 0.15) is 200 Å². The predicted molar refractivity (Wildman–Crippen MR) is 281 cm³/mol. The van der Waals surface area contributed by atoms with Crippen molar-refractivity contribution in [1.82, 2.24) is 5.32 Å². The van der Waals surface area contributed by atoms with E-state index in [4.69, 9.17) is 18.9 Å². The lowest BCUT2D eigenvalue weighted by Gasteiger charge is -2.46. The number of carbonyl (C=O) groups is 1. The molecule has 0 aromatic rings. The minimum absolute atomic E-state index is 0.257. The smallest absolute Gasteiger partial charge is 0.220 e. The summed E-state index contributed by atoms with van der Waals surface area (Å²) in [4.78, 5) is 13.2. The Morgan fingerprint density at radius 2 is 0.958 bits per heavy atom. The Morgan fingerprint density at radius 1 is 0.507 bits per heavy atom. The Labute approximate surface area is 428 Å². The fourth-order valence-corrected chi connectivity index (χ4v) is 8.81. The first kappa shape index (κ1) is 64.8. The van der Waals surface area contributed by atoms with E-state index in [0.717, 1.165) is 51.4 Å². The molecule has 0 radical (unpaired) electrons. The first-order chi connectivity index (χ1) is 34.6. The van der Waals surface area contributed by atoms with Gasteiger partial charge in [0.05, 0.1) is 32.0 Å². The molecule has 0 aromatic carbocycles. The number of allylic oxidation sites excluding steroid dienone is 9. The van der Waals surface area contributed by atoms with Crippen LogP contribution in [0.4, 0.5) is 0 Å². The quantitative estimate of drug-likeness (QED) is 0.0206. The molecular weight excluding hydrogens is 907 g/mol. The topological polar surface area (TPSA) is 228 Å². The summed E-state index contributed by atoms with van der Waals surface area (Å²) in [6, 6.07) is -0.938. The van der Waals surface area contributed by atoms with Crippen molar-refractivity contribution in [2.24, 2.45) is 0 Å². The third kappa shape index (κ3) is 29.4. The number of ether oxygens (including phenoxy) is 4. The molecule has 12 unspecified atom stereocenters. The van der Waals surface area contributed by atoms with Gasteiger partial charge in [0.2, 0.25) is 5.91 Å². The third-order valence-corrected chi connectivity index (χ3v) is 13.4. The molecule has 12 atom stereocenters. The normalized spacial score (nSPS) is 26.2. The zero-order valence-electron chi connectivity index (χ0n) is 43.9. The van der Waals surface area contributed by atoms with Crippen LogP contribution in [0.5, 0.6) is 0 Å². The van der Waals surface area contributed by atoms with Crippen LogP contribution in [0.15, 0.2) is 60.8 Å². The van der Waals surface area contributed by atoms with Gasteiger partial charge in [-0.25, -0.2) is 0 Å². The number of carbonyl (C=O) groups excluding carboxylic acids is 1. The van der Waals surface area contributed by atoms with Crippen LogP contribution in [0.3, 0.4) is 0 Å². The molecule has 2 saturated heterocycles. The van der Waals surface area contributed by atoms with Gasteiger partial charge in [-0.1, -0.05) is 184 Å². The molecule has 0 spiro atoms. The summed E-state index contributed by atoms with van der Waals surface area (Å²) in [5, 5.41) is 86.8. The number of aliphatic hydroxyl groups is 8. The Bertz CT molecular complexity index is 1420.